The molecule has 0 unspecified atom stereocenters. The van der Waals surface area contributed by atoms with Crippen molar-refractivity contribution in [2.24, 2.45) is 0 Å². The lowest BCUT2D eigenvalue weighted by molar-refractivity contribution is -0.114. The Balaban J connectivity index is 1.87. The maximum absolute atomic E-state index is 12.8. The molecule has 1 fully saturated rings. The first-order valence-electron chi connectivity index (χ1n) is 8.62. The van der Waals surface area contributed by atoms with E-state index in [2.05, 4.69) is 10.2 Å². The second-order valence-electron chi connectivity index (χ2n) is 6.24. The van der Waals surface area contributed by atoms with Crippen molar-refractivity contribution in [3.63, 3.8) is 0 Å². The molecule has 1 aromatic heterocycles. The summed E-state index contributed by atoms with van der Waals surface area (Å²) in [5, 5.41) is 18.2. The average molecular weight is 404 g/mol. The maximum atomic E-state index is 12.8. The predicted octanol–water partition coefficient (Wildman–Crippen LogP) is 4.31. The van der Waals surface area contributed by atoms with Crippen molar-refractivity contribution >= 4 is 40.0 Å². The summed E-state index contributed by atoms with van der Waals surface area (Å²) in [5.74, 6) is 0.526. The topological polar surface area (TPSA) is 85.2 Å². The van der Waals surface area contributed by atoms with Gasteiger partial charge in [0.2, 0.25) is 0 Å². The molecule has 1 aliphatic heterocycles. The van der Waals surface area contributed by atoms with Gasteiger partial charge in [0.15, 0.2) is 17.3 Å². The fourth-order valence-electron chi connectivity index (χ4n) is 2.62. The minimum atomic E-state index is -0.635. The van der Waals surface area contributed by atoms with Gasteiger partial charge in [0.05, 0.1) is 23.2 Å². The van der Waals surface area contributed by atoms with E-state index in [0.717, 1.165) is 17.0 Å². The van der Waals surface area contributed by atoms with Crippen LogP contribution in [0.2, 0.25) is 0 Å². The summed E-state index contributed by atoms with van der Waals surface area (Å²) in [6.07, 6.45) is 2.59. The smallest absolute Gasteiger partial charge is 0.186 e. The van der Waals surface area contributed by atoms with E-state index in [1.54, 1.807) is 13.2 Å². The monoisotopic (exact) mass is 403 g/mol. The van der Waals surface area contributed by atoms with Crippen LogP contribution in [-0.2, 0) is 11.2 Å². The number of aryl methyl sites for hydroxylation is 1. The van der Waals surface area contributed by atoms with E-state index >= 15 is 0 Å². The molecule has 0 spiro atoms. The number of carbonyl (C=O) groups excluding carboxylic acids is 1. The van der Waals surface area contributed by atoms with Gasteiger partial charge in [-0.1, -0.05) is 24.8 Å². The largest absolute Gasteiger partial charge is 0.493 e. The van der Waals surface area contributed by atoms with Crippen LogP contribution in [0.3, 0.4) is 0 Å². The lowest BCUT2D eigenvalue weighted by Crippen LogP contribution is -2.11. The summed E-state index contributed by atoms with van der Waals surface area (Å²) in [5.41, 5.74) is 0.818. The number of ether oxygens (including phenoxy) is 2. The number of carbonyl (C=O) groups is 1. The van der Waals surface area contributed by atoms with Crippen molar-refractivity contribution in [1.29, 1.82) is 5.41 Å². The summed E-state index contributed by atoms with van der Waals surface area (Å²) >= 11 is 2.58. The minimum absolute atomic E-state index is 0.0382. The summed E-state index contributed by atoms with van der Waals surface area (Å²) < 4.78 is 11.1. The van der Waals surface area contributed by atoms with Crippen molar-refractivity contribution < 1.29 is 14.3 Å². The predicted molar refractivity (Wildman–Crippen MR) is 109 cm³/mol. The van der Waals surface area contributed by atoms with Crippen LogP contribution in [-0.4, -0.2) is 34.2 Å². The Morgan fingerprint density at radius 3 is 2.70 bits per heavy atom. The number of ketones is 1. The van der Waals surface area contributed by atoms with E-state index in [-0.39, 0.29) is 16.9 Å². The second-order valence-corrected chi connectivity index (χ2v) is 8.41. The normalized spacial score (nSPS) is 18.6. The van der Waals surface area contributed by atoms with Gasteiger partial charge in [0, 0.05) is 0 Å². The molecule has 1 aliphatic rings. The number of benzene rings is 1. The molecule has 0 amide bonds. The van der Waals surface area contributed by atoms with E-state index in [4.69, 9.17) is 14.9 Å². The molecule has 1 saturated heterocycles. The van der Waals surface area contributed by atoms with E-state index in [9.17, 15) is 4.79 Å². The molecule has 142 valence electrons. The molecule has 1 aromatic carbocycles. The third kappa shape index (κ3) is 4.22. The number of thioether (sulfide) groups is 1. The van der Waals surface area contributed by atoms with Crippen LogP contribution in [0, 0.1) is 5.41 Å². The fraction of sp³-hybridized carbons (Fsp3) is 0.368. The standard InChI is InChI=1S/C19H21N3O3S2/c1-5-15-21-22-19(27-15)16-17(23)14(26-18(16)20)9-11-6-7-12(25-10(2)3)13(8-11)24-4/h6-10,16,20H,5H2,1-4H3/b14-9-,20-18?/t16-/m0/s1. The zero-order valence-electron chi connectivity index (χ0n) is 15.6. The van der Waals surface area contributed by atoms with Crippen LogP contribution >= 0.6 is 23.1 Å². The highest BCUT2D eigenvalue weighted by Crippen LogP contribution is 2.42. The Labute approximate surface area is 166 Å². The zero-order chi connectivity index (χ0) is 19.6. The number of aromatic nitrogens is 2. The Kier molecular flexibility index (Phi) is 5.96. The molecule has 2 aromatic rings. The highest BCUT2D eigenvalue weighted by molar-refractivity contribution is 8.19. The molecule has 1 atom stereocenters. The van der Waals surface area contributed by atoms with Gasteiger partial charge >= 0.3 is 0 Å². The molecule has 0 bridgehead atoms. The molecule has 2 heterocycles. The lowest BCUT2D eigenvalue weighted by Gasteiger charge is -2.13. The highest BCUT2D eigenvalue weighted by atomic mass is 32.2. The first-order chi connectivity index (χ1) is 12.9. The Morgan fingerprint density at radius 1 is 1.30 bits per heavy atom. The minimum Gasteiger partial charge on any atom is -0.493 e. The van der Waals surface area contributed by atoms with Gasteiger partial charge in [-0.25, -0.2) is 0 Å². The van der Waals surface area contributed by atoms with Crippen molar-refractivity contribution in [3.05, 3.63) is 38.7 Å². The molecule has 1 N–H and O–H groups in total. The van der Waals surface area contributed by atoms with Crippen LogP contribution in [0.5, 0.6) is 11.5 Å². The first-order valence-corrected chi connectivity index (χ1v) is 10.2. The maximum Gasteiger partial charge on any atom is 0.186 e. The van der Waals surface area contributed by atoms with Crippen LogP contribution in [0.4, 0.5) is 0 Å². The third-order valence-electron chi connectivity index (χ3n) is 3.87. The van der Waals surface area contributed by atoms with Gasteiger partial charge in [-0.2, -0.15) is 0 Å². The number of rotatable bonds is 6. The lowest BCUT2D eigenvalue weighted by atomic mass is 10.1. The van der Waals surface area contributed by atoms with Gasteiger partial charge in [-0.3, -0.25) is 10.2 Å². The van der Waals surface area contributed by atoms with Crippen molar-refractivity contribution in [1.82, 2.24) is 10.2 Å². The number of hydrogen-bond donors (Lipinski definition) is 1. The first kappa shape index (κ1) is 19.6. The molecule has 6 nitrogen and oxygen atoms in total. The summed E-state index contributed by atoms with van der Waals surface area (Å²) in [4.78, 5) is 13.4. The third-order valence-corrected chi connectivity index (χ3v) is 5.99. The molecule has 27 heavy (non-hydrogen) atoms. The molecule has 8 heteroatoms. The van der Waals surface area contributed by atoms with Crippen LogP contribution < -0.4 is 9.47 Å². The Morgan fingerprint density at radius 2 is 2.07 bits per heavy atom. The van der Waals surface area contributed by atoms with Crippen LogP contribution in [0.1, 0.15) is 42.3 Å². The SMILES string of the molecule is CCc1nnc([C@@H]2C(=N)S/C(=C\c3ccc(OC(C)C)c(OC)c3)C2=O)s1. The van der Waals surface area contributed by atoms with Crippen LogP contribution in [0.25, 0.3) is 6.08 Å². The second kappa shape index (κ2) is 8.22. The summed E-state index contributed by atoms with van der Waals surface area (Å²) in [7, 11) is 1.58. The molecule has 0 radical (unpaired) electrons. The number of nitrogens with zero attached hydrogens (tertiary/aromatic N) is 2. The number of Topliss-reactive ketones (excluding diaryl/α,β-unsaturated/α-hetero) is 1. The van der Waals surface area contributed by atoms with Gasteiger partial charge in [-0.15, -0.1) is 21.5 Å². The van der Waals surface area contributed by atoms with Crippen molar-refractivity contribution in [3.8, 4) is 11.5 Å². The molecule has 0 saturated carbocycles. The van der Waals surface area contributed by atoms with Gasteiger partial charge in [0.25, 0.3) is 0 Å². The zero-order valence-corrected chi connectivity index (χ0v) is 17.2. The Bertz CT molecular complexity index is 905. The number of nitrogens with one attached hydrogen (secondary N) is 1. The molecular weight excluding hydrogens is 382 g/mol. The molecular formula is C19H21N3O3S2. The van der Waals surface area contributed by atoms with Gasteiger partial charge in [-0.05, 0) is 44.0 Å². The summed E-state index contributed by atoms with van der Waals surface area (Å²) in [6.45, 7) is 5.89. The quantitative estimate of drug-likeness (QED) is 0.723. The number of hydrogen-bond acceptors (Lipinski definition) is 8. The van der Waals surface area contributed by atoms with Crippen LogP contribution in [0.15, 0.2) is 23.1 Å². The van der Waals surface area contributed by atoms with Gasteiger partial charge < -0.3 is 9.47 Å². The molecule has 0 aliphatic carbocycles. The fourth-order valence-corrected chi connectivity index (χ4v) is 4.57. The highest BCUT2D eigenvalue weighted by Gasteiger charge is 2.39. The average Bonchev–Trinajstić information content (AvgIpc) is 3.20. The number of methoxy groups -OCH3 is 1. The van der Waals surface area contributed by atoms with E-state index in [1.165, 1.54) is 23.1 Å². The van der Waals surface area contributed by atoms with E-state index < -0.39 is 5.92 Å². The van der Waals surface area contributed by atoms with Crippen molar-refractivity contribution in [2.75, 3.05) is 7.11 Å². The molecule has 3 rings (SSSR count). The van der Waals surface area contributed by atoms with E-state index in [0.29, 0.717) is 21.4 Å². The summed E-state index contributed by atoms with van der Waals surface area (Å²) in [6, 6.07) is 5.53. The Hall–Kier alpha value is -2.19. The van der Waals surface area contributed by atoms with E-state index in [1.807, 2.05) is 39.0 Å². The number of allylic oxidation sites excluding steroid dienone is 1. The van der Waals surface area contributed by atoms with Crippen molar-refractivity contribution in [2.45, 2.75) is 39.2 Å². The van der Waals surface area contributed by atoms with Gasteiger partial charge in [0.1, 0.15) is 15.9 Å².